The molecule has 0 spiro atoms. The number of anilines is 1. The Labute approximate surface area is 187 Å². The number of rotatable bonds is 5. The molecule has 0 saturated heterocycles. The van der Waals surface area contributed by atoms with Crippen LogP contribution in [0.4, 0.5) is 19.4 Å². The number of carbonyl (C=O) groups is 1. The maximum absolute atomic E-state index is 13.7. The van der Waals surface area contributed by atoms with Gasteiger partial charge in [0.05, 0.1) is 18.4 Å². The van der Waals surface area contributed by atoms with Crippen LogP contribution in [0.1, 0.15) is 16.8 Å². The van der Waals surface area contributed by atoms with Gasteiger partial charge >= 0.3 is 6.09 Å². The maximum atomic E-state index is 13.7. The van der Waals surface area contributed by atoms with Gasteiger partial charge in [0.15, 0.2) is 5.82 Å². The molecule has 0 fully saturated rings. The molecule has 10 heteroatoms. The number of halogens is 2. The second-order valence-electron chi connectivity index (χ2n) is 7.85. The highest BCUT2D eigenvalue weighted by Gasteiger charge is 2.25. The molecule has 0 bridgehead atoms. The SMILES string of the molecule is O=C(O)N1CCc2c(nc(-c3cncc(F)c3)nc2NCCc2c[nH]c3ccc(F)cc23)C1. The second-order valence-corrected chi connectivity index (χ2v) is 7.85. The Kier molecular flexibility index (Phi) is 5.33. The molecular weight excluding hydrogens is 430 g/mol. The minimum absolute atomic E-state index is 0.124. The molecule has 33 heavy (non-hydrogen) atoms. The number of H-pyrrole nitrogens is 1. The highest BCUT2D eigenvalue weighted by Crippen LogP contribution is 2.28. The lowest BCUT2D eigenvalue weighted by atomic mass is 10.0. The molecule has 1 amide bonds. The summed E-state index contributed by atoms with van der Waals surface area (Å²) in [5.74, 6) is 0.0412. The summed E-state index contributed by atoms with van der Waals surface area (Å²) in [6.45, 7) is 0.971. The number of nitrogens with zero attached hydrogens (tertiary/aromatic N) is 4. The largest absolute Gasteiger partial charge is 0.465 e. The molecule has 0 unspecified atom stereocenters. The normalized spacial score (nSPS) is 13.2. The van der Waals surface area contributed by atoms with Gasteiger partial charge in [-0.25, -0.2) is 23.5 Å². The van der Waals surface area contributed by atoms with Crippen molar-refractivity contribution in [3.63, 3.8) is 0 Å². The number of fused-ring (bicyclic) bond motifs is 2. The van der Waals surface area contributed by atoms with Crippen LogP contribution >= 0.6 is 0 Å². The van der Waals surface area contributed by atoms with E-state index >= 15 is 0 Å². The van der Waals surface area contributed by atoms with Crippen LogP contribution in [0.5, 0.6) is 0 Å². The van der Waals surface area contributed by atoms with Crippen LogP contribution in [0.3, 0.4) is 0 Å². The van der Waals surface area contributed by atoms with Crippen LogP contribution in [0.2, 0.25) is 0 Å². The minimum Gasteiger partial charge on any atom is -0.465 e. The Bertz CT molecular complexity index is 1360. The van der Waals surface area contributed by atoms with Crippen LogP contribution in [0.25, 0.3) is 22.3 Å². The van der Waals surface area contributed by atoms with Crippen LogP contribution < -0.4 is 5.32 Å². The lowest BCUT2D eigenvalue weighted by molar-refractivity contribution is 0.139. The van der Waals surface area contributed by atoms with Gasteiger partial charge in [0, 0.05) is 47.5 Å². The lowest BCUT2D eigenvalue weighted by Crippen LogP contribution is -2.36. The fourth-order valence-electron chi connectivity index (χ4n) is 4.08. The van der Waals surface area contributed by atoms with E-state index in [0.717, 1.165) is 28.2 Å². The molecule has 4 aromatic rings. The first-order chi connectivity index (χ1) is 16.0. The number of benzene rings is 1. The highest BCUT2D eigenvalue weighted by atomic mass is 19.1. The minimum atomic E-state index is -1.02. The summed E-state index contributed by atoms with van der Waals surface area (Å²) in [5.41, 5.74) is 3.65. The number of hydrogen-bond donors (Lipinski definition) is 3. The summed E-state index contributed by atoms with van der Waals surface area (Å²) in [4.78, 5) is 28.9. The van der Waals surface area contributed by atoms with E-state index in [4.69, 9.17) is 0 Å². The fraction of sp³-hybridized carbons (Fsp3) is 0.217. The van der Waals surface area contributed by atoms with E-state index in [1.165, 1.54) is 29.3 Å². The third kappa shape index (κ3) is 4.19. The van der Waals surface area contributed by atoms with Crippen LogP contribution in [-0.4, -0.2) is 49.1 Å². The summed E-state index contributed by atoms with van der Waals surface area (Å²) in [7, 11) is 0. The molecule has 0 saturated carbocycles. The Morgan fingerprint density at radius 2 is 2.06 bits per heavy atom. The van der Waals surface area contributed by atoms with Crippen molar-refractivity contribution in [3.05, 3.63) is 71.3 Å². The van der Waals surface area contributed by atoms with Crippen LogP contribution in [-0.2, 0) is 19.4 Å². The van der Waals surface area contributed by atoms with Crippen molar-refractivity contribution in [2.75, 3.05) is 18.4 Å². The van der Waals surface area contributed by atoms with E-state index in [1.807, 2.05) is 6.20 Å². The van der Waals surface area contributed by atoms with Gasteiger partial charge in [0.1, 0.15) is 17.5 Å². The number of amides is 1. The van der Waals surface area contributed by atoms with Gasteiger partial charge in [-0.15, -0.1) is 0 Å². The number of aromatic nitrogens is 4. The topological polar surface area (TPSA) is 107 Å². The van der Waals surface area contributed by atoms with Crippen molar-refractivity contribution in [3.8, 4) is 11.4 Å². The summed E-state index contributed by atoms with van der Waals surface area (Å²) >= 11 is 0. The van der Waals surface area contributed by atoms with Crippen molar-refractivity contribution in [1.29, 1.82) is 0 Å². The van der Waals surface area contributed by atoms with Crippen LogP contribution in [0.15, 0.2) is 42.9 Å². The second kappa shape index (κ2) is 8.45. The molecule has 1 aliphatic heterocycles. The first kappa shape index (κ1) is 20.8. The Hall–Kier alpha value is -4.08. The molecule has 1 aliphatic rings. The zero-order valence-electron chi connectivity index (χ0n) is 17.5. The van der Waals surface area contributed by atoms with E-state index in [1.54, 1.807) is 6.07 Å². The molecule has 3 N–H and O–H groups in total. The van der Waals surface area contributed by atoms with Gasteiger partial charge in [-0.3, -0.25) is 4.98 Å². The molecule has 168 valence electrons. The number of hydrogen-bond acceptors (Lipinski definition) is 5. The molecular formula is C23H20F2N6O2. The smallest absolute Gasteiger partial charge is 0.407 e. The molecule has 5 rings (SSSR count). The average molecular weight is 450 g/mol. The predicted octanol–water partition coefficient (Wildman–Crippen LogP) is 3.99. The molecule has 0 radical (unpaired) electrons. The average Bonchev–Trinajstić information content (AvgIpc) is 3.20. The summed E-state index contributed by atoms with van der Waals surface area (Å²) in [6.07, 6.45) is 4.47. The predicted molar refractivity (Wildman–Crippen MR) is 118 cm³/mol. The standard InChI is InChI=1S/C23H20F2N6O2/c24-15-1-2-19-18(8-15)13(10-28-19)3-5-27-22-17-4-6-31(23(32)33)12-20(17)29-21(30-22)14-7-16(25)11-26-9-14/h1-2,7-11,28H,3-6,12H2,(H,32,33)(H,27,29,30). The van der Waals surface area contributed by atoms with Gasteiger partial charge in [0.25, 0.3) is 0 Å². The molecule has 0 atom stereocenters. The zero-order valence-corrected chi connectivity index (χ0v) is 17.5. The van der Waals surface area contributed by atoms with Crippen molar-refractivity contribution >= 4 is 22.8 Å². The Balaban J connectivity index is 1.44. The number of aromatic amines is 1. The van der Waals surface area contributed by atoms with Crippen molar-refractivity contribution in [2.24, 2.45) is 0 Å². The fourth-order valence-corrected chi connectivity index (χ4v) is 4.08. The van der Waals surface area contributed by atoms with E-state index in [0.29, 0.717) is 43.0 Å². The lowest BCUT2D eigenvalue weighted by Gasteiger charge is -2.27. The quantitative estimate of drug-likeness (QED) is 0.425. The summed E-state index contributed by atoms with van der Waals surface area (Å²) in [6, 6.07) is 5.91. The van der Waals surface area contributed by atoms with Gasteiger partial charge in [-0.2, -0.15) is 0 Å². The zero-order chi connectivity index (χ0) is 22.9. The Morgan fingerprint density at radius 3 is 2.88 bits per heavy atom. The Morgan fingerprint density at radius 1 is 1.18 bits per heavy atom. The number of nitrogens with one attached hydrogen (secondary N) is 2. The van der Waals surface area contributed by atoms with Crippen molar-refractivity contribution in [1.82, 2.24) is 24.8 Å². The first-order valence-corrected chi connectivity index (χ1v) is 10.5. The van der Waals surface area contributed by atoms with Crippen molar-refractivity contribution < 1.29 is 18.7 Å². The van der Waals surface area contributed by atoms with Gasteiger partial charge in [-0.05, 0) is 42.7 Å². The maximum Gasteiger partial charge on any atom is 0.407 e. The van der Waals surface area contributed by atoms with E-state index < -0.39 is 11.9 Å². The highest BCUT2D eigenvalue weighted by molar-refractivity contribution is 5.83. The third-order valence-corrected chi connectivity index (χ3v) is 5.71. The molecule has 4 heterocycles. The number of carboxylic acid groups (broad SMARTS) is 1. The van der Waals surface area contributed by atoms with Gasteiger partial charge in [0.2, 0.25) is 0 Å². The summed E-state index contributed by atoms with van der Waals surface area (Å²) in [5, 5.41) is 13.5. The van der Waals surface area contributed by atoms with Gasteiger partial charge < -0.3 is 20.3 Å². The molecule has 8 nitrogen and oxygen atoms in total. The molecule has 3 aromatic heterocycles. The first-order valence-electron chi connectivity index (χ1n) is 10.5. The van der Waals surface area contributed by atoms with E-state index in [9.17, 15) is 18.7 Å². The van der Waals surface area contributed by atoms with E-state index in [-0.39, 0.29) is 18.2 Å². The van der Waals surface area contributed by atoms with Crippen molar-refractivity contribution in [2.45, 2.75) is 19.4 Å². The molecule has 0 aliphatic carbocycles. The van der Waals surface area contributed by atoms with Gasteiger partial charge in [-0.1, -0.05) is 0 Å². The number of pyridine rings is 1. The summed E-state index contributed by atoms with van der Waals surface area (Å²) < 4.78 is 27.4. The van der Waals surface area contributed by atoms with E-state index in [2.05, 4.69) is 25.3 Å². The monoisotopic (exact) mass is 450 g/mol. The third-order valence-electron chi connectivity index (χ3n) is 5.71. The molecule has 1 aromatic carbocycles. The van der Waals surface area contributed by atoms with Crippen LogP contribution in [0, 0.1) is 11.6 Å².